The number of hydrogen-bond acceptors (Lipinski definition) is 8. The Balaban J connectivity index is 1.39. The number of nitrogens with one attached hydrogen (secondary N) is 1. The number of rotatable bonds is 11. The number of ether oxygens (including phenoxy) is 3. The molecule has 1 N–H and O–H groups in total. The highest BCUT2D eigenvalue weighted by Gasteiger charge is 2.43. The van der Waals surface area contributed by atoms with Gasteiger partial charge in [-0.2, -0.15) is 0 Å². The molecule has 0 atom stereocenters. The number of amides is 3. The van der Waals surface area contributed by atoms with E-state index in [1.807, 2.05) is 24.3 Å². The Bertz CT molecular complexity index is 1770. The second-order valence-electron chi connectivity index (χ2n) is 9.70. The molecule has 0 unspecified atom stereocenters. The van der Waals surface area contributed by atoms with Gasteiger partial charge in [0.05, 0.1) is 49.3 Å². The van der Waals surface area contributed by atoms with Gasteiger partial charge in [0.15, 0.2) is 0 Å². The highest BCUT2D eigenvalue weighted by molar-refractivity contribution is 7.89. The summed E-state index contributed by atoms with van der Waals surface area (Å²) in [6.45, 7) is 4.16. The van der Waals surface area contributed by atoms with Crippen LogP contribution in [-0.2, 0) is 27.0 Å². The first-order chi connectivity index (χ1) is 20.7. The molecule has 0 saturated carbocycles. The molecule has 10 nitrogen and oxygen atoms in total. The monoisotopic (exact) mass is 602 g/mol. The molecule has 222 valence electrons. The van der Waals surface area contributed by atoms with E-state index in [0.717, 1.165) is 4.90 Å². The zero-order chi connectivity index (χ0) is 30.7. The van der Waals surface area contributed by atoms with Gasteiger partial charge in [0.1, 0.15) is 17.2 Å². The molecule has 0 radical (unpaired) electrons. The third-order valence-corrected chi connectivity index (χ3v) is 8.15. The van der Waals surface area contributed by atoms with Gasteiger partial charge in [-0.3, -0.25) is 19.1 Å². The fraction of sp³-hybridized carbons (Fsp3) is 0.219. The molecule has 0 spiro atoms. The summed E-state index contributed by atoms with van der Waals surface area (Å²) >= 11 is 0. The lowest BCUT2D eigenvalue weighted by molar-refractivity contribution is -0.118. The molecule has 0 aliphatic carbocycles. The maximum atomic E-state index is 13.8. The quantitative estimate of drug-likeness (QED) is 0.246. The number of benzene rings is 4. The first-order valence-corrected chi connectivity index (χ1v) is 15.3. The summed E-state index contributed by atoms with van der Waals surface area (Å²) < 4.78 is 44.6. The lowest BCUT2D eigenvalue weighted by atomic mass is 9.99. The van der Waals surface area contributed by atoms with Gasteiger partial charge in [0.2, 0.25) is 15.9 Å². The maximum absolute atomic E-state index is 13.8. The number of nitrogens with zero attached hydrogens (tertiary/aromatic N) is 1. The summed E-state index contributed by atoms with van der Waals surface area (Å²) in [6.07, 6.45) is -0.176. The summed E-state index contributed by atoms with van der Waals surface area (Å²) in [6, 6.07) is 20.1. The third-order valence-electron chi connectivity index (χ3n) is 6.90. The fourth-order valence-electron chi connectivity index (χ4n) is 5.15. The average Bonchev–Trinajstić information content (AvgIpc) is 3.24. The van der Waals surface area contributed by atoms with Gasteiger partial charge in [0.25, 0.3) is 11.8 Å². The van der Waals surface area contributed by atoms with Gasteiger partial charge >= 0.3 is 0 Å². The molecule has 43 heavy (non-hydrogen) atoms. The lowest BCUT2D eigenvalue weighted by Gasteiger charge is -2.15. The van der Waals surface area contributed by atoms with Crippen LogP contribution in [0.15, 0.2) is 72.8 Å². The molecule has 11 heteroatoms. The number of carbonyl (C=O) groups is 3. The van der Waals surface area contributed by atoms with Gasteiger partial charge in [-0.15, -0.1) is 0 Å². The van der Waals surface area contributed by atoms with E-state index < -0.39 is 33.5 Å². The highest BCUT2D eigenvalue weighted by Crippen LogP contribution is 2.46. The molecule has 0 bridgehead atoms. The molecular weight excluding hydrogens is 572 g/mol. The van der Waals surface area contributed by atoms with Crippen LogP contribution < -0.4 is 23.8 Å². The summed E-state index contributed by atoms with van der Waals surface area (Å²) in [5.74, 6) is -1.23. The Labute approximate surface area is 249 Å². The molecule has 4 aromatic rings. The number of carbonyl (C=O) groups excluding carboxylic acids is 3. The van der Waals surface area contributed by atoms with Crippen molar-refractivity contribution in [3.05, 3.63) is 95.1 Å². The largest absolute Gasteiger partial charge is 0.496 e. The second kappa shape index (κ2) is 12.1. The minimum absolute atomic E-state index is 0.124. The Morgan fingerprint density at radius 2 is 1.33 bits per heavy atom. The molecular formula is C32H30N2O8S. The number of sulfonamides is 1. The molecule has 5 rings (SSSR count). The van der Waals surface area contributed by atoms with Crippen molar-refractivity contribution in [2.75, 3.05) is 25.2 Å². The summed E-state index contributed by atoms with van der Waals surface area (Å²) in [5, 5.41) is 1.31. The van der Waals surface area contributed by atoms with Crippen LogP contribution in [0, 0.1) is 0 Å². The Hall–Kier alpha value is -4.90. The van der Waals surface area contributed by atoms with Crippen molar-refractivity contribution < 1.29 is 37.0 Å². The average molecular weight is 603 g/mol. The molecule has 1 heterocycles. The van der Waals surface area contributed by atoms with Crippen molar-refractivity contribution in [3.63, 3.8) is 0 Å². The van der Waals surface area contributed by atoms with Crippen molar-refractivity contribution in [3.8, 4) is 17.2 Å². The molecule has 3 amide bonds. The van der Waals surface area contributed by atoms with Crippen LogP contribution in [0.2, 0.25) is 0 Å². The van der Waals surface area contributed by atoms with Crippen LogP contribution in [-0.4, -0.2) is 46.5 Å². The molecule has 0 fully saturated rings. The van der Waals surface area contributed by atoms with E-state index in [1.54, 1.807) is 38.1 Å². The van der Waals surface area contributed by atoms with Gasteiger partial charge in [-0.25, -0.2) is 13.3 Å². The highest BCUT2D eigenvalue weighted by atomic mass is 32.2. The number of imide groups is 1. The number of hydrogen-bond donors (Lipinski definition) is 1. The molecule has 0 saturated heterocycles. The smallest absolute Gasteiger partial charge is 0.270 e. The standard InChI is InChI=1S/C32H30N2O8S/c1-4-41-29-23-11-7-8-12-24(23)30(42-5-2)28-27(29)31(36)34(32(28)37)22-16-14-20(15-17-22)19-43(38,39)33-26(35)18-21-10-6-9-13-25(21)40-3/h6-17H,4-5,18-19H2,1-3H3,(H,33,35). The van der Waals surface area contributed by atoms with Crippen molar-refractivity contribution in [2.24, 2.45) is 0 Å². The molecule has 4 aromatic carbocycles. The SMILES string of the molecule is CCOc1c2c(c(OCC)c3ccccc13)C(=O)N(c1ccc(CS(=O)(=O)NC(=O)Cc3ccccc3OC)cc1)C2=O. The molecule has 1 aliphatic heterocycles. The summed E-state index contributed by atoms with van der Waals surface area (Å²) in [5.41, 5.74) is 1.41. The molecule has 0 aromatic heterocycles. The predicted molar refractivity (Wildman–Crippen MR) is 161 cm³/mol. The number of anilines is 1. The van der Waals surface area contributed by atoms with Crippen molar-refractivity contribution >= 4 is 44.2 Å². The van der Waals surface area contributed by atoms with E-state index in [0.29, 0.717) is 39.1 Å². The first-order valence-electron chi connectivity index (χ1n) is 13.7. The van der Waals surface area contributed by atoms with E-state index in [9.17, 15) is 22.8 Å². The van der Waals surface area contributed by atoms with Crippen LogP contribution in [0.3, 0.4) is 0 Å². The van der Waals surface area contributed by atoms with Crippen molar-refractivity contribution in [1.82, 2.24) is 4.72 Å². The van der Waals surface area contributed by atoms with Crippen LogP contribution in [0.25, 0.3) is 10.8 Å². The Morgan fingerprint density at radius 3 is 1.86 bits per heavy atom. The minimum Gasteiger partial charge on any atom is -0.496 e. The predicted octanol–water partition coefficient (Wildman–Crippen LogP) is 4.64. The summed E-state index contributed by atoms with van der Waals surface area (Å²) in [4.78, 5) is 41.0. The van der Waals surface area contributed by atoms with Gasteiger partial charge < -0.3 is 14.2 Å². The van der Waals surface area contributed by atoms with E-state index in [1.165, 1.54) is 31.4 Å². The first kappa shape index (κ1) is 29.6. The van der Waals surface area contributed by atoms with E-state index in [2.05, 4.69) is 4.72 Å². The van der Waals surface area contributed by atoms with Gasteiger partial charge in [-0.05, 0) is 37.6 Å². The second-order valence-corrected chi connectivity index (χ2v) is 11.4. The van der Waals surface area contributed by atoms with Crippen LogP contribution in [0.5, 0.6) is 17.2 Å². The van der Waals surface area contributed by atoms with E-state index >= 15 is 0 Å². The zero-order valence-electron chi connectivity index (χ0n) is 23.9. The van der Waals surface area contributed by atoms with Crippen LogP contribution in [0.1, 0.15) is 45.7 Å². The minimum atomic E-state index is -4.04. The number of methoxy groups -OCH3 is 1. The Morgan fingerprint density at radius 1 is 0.791 bits per heavy atom. The van der Waals surface area contributed by atoms with Gasteiger partial charge in [0, 0.05) is 16.3 Å². The summed E-state index contributed by atoms with van der Waals surface area (Å²) in [7, 11) is -2.57. The normalized spacial score (nSPS) is 12.8. The molecule has 1 aliphatic rings. The van der Waals surface area contributed by atoms with Crippen molar-refractivity contribution in [1.29, 1.82) is 0 Å². The van der Waals surface area contributed by atoms with Gasteiger partial charge in [-0.1, -0.05) is 54.6 Å². The fourth-order valence-corrected chi connectivity index (χ4v) is 6.27. The maximum Gasteiger partial charge on any atom is 0.270 e. The van der Waals surface area contributed by atoms with E-state index in [4.69, 9.17) is 14.2 Å². The number of para-hydroxylation sites is 1. The number of fused-ring (bicyclic) bond motifs is 2. The lowest BCUT2D eigenvalue weighted by Crippen LogP contribution is -2.33. The third kappa shape index (κ3) is 5.76. The Kier molecular flexibility index (Phi) is 8.36. The van der Waals surface area contributed by atoms with E-state index in [-0.39, 0.29) is 36.4 Å². The topological polar surface area (TPSA) is 128 Å². The zero-order valence-corrected chi connectivity index (χ0v) is 24.7. The van der Waals surface area contributed by atoms with Crippen LogP contribution >= 0.6 is 0 Å². The van der Waals surface area contributed by atoms with Crippen LogP contribution in [0.4, 0.5) is 5.69 Å². The van der Waals surface area contributed by atoms with Crippen molar-refractivity contribution in [2.45, 2.75) is 26.0 Å².